The molecule has 0 aliphatic heterocycles. The van der Waals surface area contributed by atoms with Gasteiger partial charge in [0.2, 0.25) is 0 Å². The smallest absolute Gasteiger partial charge is 0.0281 e. The third-order valence-electron chi connectivity index (χ3n) is 1.66. The van der Waals surface area contributed by atoms with Gasteiger partial charge in [-0.3, -0.25) is 0 Å². The number of rotatable bonds is 2. The Balaban J connectivity index is 0. The van der Waals surface area contributed by atoms with Crippen molar-refractivity contribution in [3.05, 3.63) is 35.4 Å². The van der Waals surface area contributed by atoms with Crippen LogP contribution >= 0.6 is 0 Å². The summed E-state index contributed by atoms with van der Waals surface area (Å²) in [5.41, 5.74) is 2.80. The molecule has 0 saturated heterocycles. The number of hydrogen-bond donors (Lipinski definition) is 0. The SMILES string of the molecule is C.CC.CCCc1ccc(C)cc1. The first-order valence-electron chi connectivity index (χ1n) is 4.88. The lowest BCUT2D eigenvalue weighted by atomic mass is 10.1. The van der Waals surface area contributed by atoms with Crippen LogP contribution in [0.25, 0.3) is 0 Å². The van der Waals surface area contributed by atoms with Crippen LogP contribution in [0, 0.1) is 6.92 Å². The molecule has 76 valence electrons. The van der Waals surface area contributed by atoms with Gasteiger partial charge in [0.25, 0.3) is 0 Å². The van der Waals surface area contributed by atoms with Crippen LogP contribution in [0.1, 0.15) is 45.7 Å². The monoisotopic (exact) mass is 180 g/mol. The van der Waals surface area contributed by atoms with Crippen LogP contribution in [-0.4, -0.2) is 0 Å². The van der Waals surface area contributed by atoms with Gasteiger partial charge in [0.1, 0.15) is 0 Å². The van der Waals surface area contributed by atoms with Crippen molar-refractivity contribution in [3.63, 3.8) is 0 Å². The number of aryl methyl sites for hydroxylation is 2. The molecular formula is C13H24. The molecule has 0 bridgehead atoms. The highest BCUT2D eigenvalue weighted by molar-refractivity contribution is 5.21. The summed E-state index contributed by atoms with van der Waals surface area (Å²) in [7, 11) is 0. The van der Waals surface area contributed by atoms with E-state index in [0.29, 0.717) is 0 Å². The van der Waals surface area contributed by atoms with Crippen LogP contribution in [0.3, 0.4) is 0 Å². The van der Waals surface area contributed by atoms with Crippen molar-refractivity contribution in [2.75, 3.05) is 0 Å². The molecule has 0 aliphatic carbocycles. The lowest BCUT2D eigenvalue weighted by Crippen LogP contribution is -1.81. The minimum Gasteiger partial charge on any atom is -0.0776 e. The van der Waals surface area contributed by atoms with E-state index in [1.54, 1.807) is 0 Å². The summed E-state index contributed by atoms with van der Waals surface area (Å²) in [5.74, 6) is 0. The van der Waals surface area contributed by atoms with Gasteiger partial charge in [-0.15, -0.1) is 0 Å². The molecule has 0 nitrogen and oxygen atoms in total. The molecular weight excluding hydrogens is 156 g/mol. The van der Waals surface area contributed by atoms with Gasteiger partial charge in [-0.05, 0) is 18.9 Å². The molecule has 0 atom stereocenters. The summed E-state index contributed by atoms with van der Waals surface area (Å²) < 4.78 is 0. The Morgan fingerprint density at radius 1 is 1.00 bits per heavy atom. The van der Waals surface area contributed by atoms with Crippen LogP contribution in [0.2, 0.25) is 0 Å². The van der Waals surface area contributed by atoms with Crippen molar-refractivity contribution >= 4 is 0 Å². The van der Waals surface area contributed by atoms with E-state index in [-0.39, 0.29) is 7.43 Å². The van der Waals surface area contributed by atoms with Crippen LogP contribution < -0.4 is 0 Å². The van der Waals surface area contributed by atoms with Crippen LogP contribution in [-0.2, 0) is 6.42 Å². The van der Waals surface area contributed by atoms with Crippen molar-refractivity contribution in [2.24, 2.45) is 0 Å². The molecule has 0 amide bonds. The average molecular weight is 180 g/mol. The Morgan fingerprint density at radius 2 is 1.46 bits per heavy atom. The maximum Gasteiger partial charge on any atom is -0.0281 e. The lowest BCUT2D eigenvalue weighted by molar-refractivity contribution is 0.921. The van der Waals surface area contributed by atoms with E-state index in [1.165, 1.54) is 24.0 Å². The summed E-state index contributed by atoms with van der Waals surface area (Å²) in [5, 5.41) is 0. The zero-order valence-electron chi connectivity index (χ0n) is 8.72. The molecule has 0 aliphatic rings. The van der Waals surface area contributed by atoms with Gasteiger partial charge in [-0.25, -0.2) is 0 Å². The molecule has 0 heterocycles. The summed E-state index contributed by atoms with van der Waals surface area (Å²) >= 11 is 0. The summed E-state index contributed by atoms with van der Waals surface area (Å²) in [4.78, 5) is 0. The Bertz CT molecular complexity index is 184. The van der Waals surface area contributed by atoms with E-state index in [2.05, 4.69) is 38.1 Å². The third kappa shape index (κ3) is 6.39. The average Bonchev–Trinajstić information content (AvgIpc) is 2.13. The Kier molecular flexibility index (Phi) is 10.5. The van der Waals surface area contributed by atoms with E-state index < -0.39 is 0 Å². The minimum absolute atomic E-state index is 0. The molecule has 0 aromatic heterocycles. The first-order chi connectivity index (χ1) is 5.83. The first kappa shape index (κ1) is 14.7. The Labute approximate surface area is 84.0 Å². The maximum atomic E-state index is 2.21. The summed E-state index contributed by atoms with van der Waals surface area (Å²) in [6, 6.07) is 8.76. The van der Waals surface area contributed by atoms with E-state index in [0.717, 1.165) is 0 Å². The number of benzene rings is 1. The third-order valence-corrected chi connectivity index (χ3v) is 1.66. The molecule has 1 rings (SSSR count). The summed E-state index contributed by atoms with van der Waals surface area (Å²) in [6.07, 6.45) is 2.45. The molecule has 0 saturated carbocycles. The van der Waals surface area contributed by atoms with Gasteiger partial charge >= 0.3 is 0 Å². The Hall–Kier alpha value is -0.780. The zero-order valence-corrected chi connectivity index (χ0v) is 8.72. The molecule has 13 heavy (non-hydrogen) atoms. The highest BCUT2D eigenvalue weighted by Crippen LogP contribution is 2.04. The van der Waals surface area contributed by atoms with Gasteiger partial charge in [0, 0.05) is 0 Å². The molecule has 0 heteroatoms. The minimum atomic E-state index is 0. The van der Waals surface area contributed by atoms with Gasteiger partial charge < -0.3 is 0 Å². The second kappa shape index (κ2) is 9.31. The van der Waals surface area contributed by atoms with E-state index in [4.69, 9.17) is 0 Å². The van der Waals surface area contributed by atoms with Crippen molar-refractivity contribution in [3.8, 4) is 0 Å². The quantitative estimate of drug-likeness (QED) is 0.623. The fourth-order valence-corrected chi connectivity index (χ4v) is 1.04. The second-order valence-electron chi connectivity index (χ2n) is 2.74. The van der Waals surface area contributed by atoms with Crippen LogP contribution in [0.4, 0.5) is 0 Å². The molecule has 0 unspecified atom stereocenters. The maximum absolute atomic E-state index is 2.21. The predicted molar refractivity (Wildman–Crippen MR) is 63.3 cm³/mol. The zero-order chi connectivity index (χ0) is 9.40. The van der Waals surface area contributed by atoms with Crippen molar-refractivity contribution in [1.82, 2.24) is 0 Å². The normalized spacial score (nSPS) is 8.00. The van der Waals surface area contributed by atoms with Gasteiger partial charge in [-0.2, -0.15) is 0 Å². The lowest BCUT2D eigenvalue weighted by Gasteiger charge is -1.97. The van der Waals surface area contributed by atoms with Crippen LogP contribution in [0.15, 0.2) is 24.3 Å². The highest BCUT2D eigenvalue weighted by atomic mass is 13.9. The molecule has 0 fully saturated rings. The standard InChI is InChI=1S/C10H14.C2H6.CH4/c1-3-4-10-7-5-9(2)6-8-10;1-2;/h5-8H,3-4H2,1-2H3;1-2H3;1H4. The molecule has 1 aromatic carbocycles. The van der Waals surface area contributed by atoms with Crippen molar-refractivity contribution in [1.29, 1.82) is 0 Å². The highest BCUT2D eigenvalue weighted by Gasteiger charge is 1.87. The summed E-state index contributed by atoms with van der Waals surface area (Å²) in [6.45, 7) is 8.33. The molecule has 1 aromatic rings. The van der Waals surface area contributed by atoms with Crippen LogP contribution in [0.5, 0.6) is 0 Å². The van der Waals surface area contributed by atoms with Gasteiger partial charge in [0.05, 0.1) is 0 Å². The first-order valence-corrected chi connectivity index (χ1v) is 4.88. The predicted octanol–water partition coefficient (Wildman–Crippen LogP) is 4.61. The Morgan fingerprint density at radius 3 is 1.85 bits per heavy atom. The van der Waals surface area contributed by atoms with E-state index >= 15 is 0 Å². The fraction of sp³-hybridized carbons (Fsp3) is 0.538. The van der Waals surface area contributed by atoms with Gasteiger partial charge in [0.15, 0.2) is 0 Å². The van der Waals surface area contributed by atoms with E-state index in [1.807, 2.05) is 13.8 Å². The van der Waals surface area contributed by atoms with Crippen molar-refractivity contribution in [2.45, 2.75) is 48.0 Å². The fourth-order valence-electron chi connectivity index (χ4n) is 1.04. The van der Waals surface area contributed by atoms with E-state index in [9.17, 15) is 0 Å². The van der Waals surface area contributed by atoms with Gasteiger partial charge in [-0.1, -0.05) is 64.4 Å². The molecule has 0 spiro atoms. The molecule has 0 N–H and O–H groups in total. The topological polar surface area (TPSA) is 0 Å². The molecule has 0 radical (unpaired) electrons. The largest absolute Gasteiger partial charge is 0.0776 e. The second-order valence-corrected chi connectivity index (χ2v) is 2.74. The van der Waals surface area contributed by atoms with Crippen molar-refractivity contribution < 1.29 is 0 Å². The number of hydrogen-bond acceptors (Lipinski definition) is 0.